The summed E-state index contributed by atoms with van der Waals surface area (Å²) in [4.78, 5) is 48.7. The van der Waals surface area contributed by atoms with Gasteiger partial charge in [-0.1, -0.05) is 32.0 Å². The van der Waals surface area contributed by atoms with Crippen LogP contribution in [0.3, 0.4) is 0 Å². The number of ether oxygens (including phenoxy) is 2. The van der Waals surface area contributed by atoms with Crippen molar-refractivity contribution < 1.29 is 28.7 Å². The quantitative estimate of drug-likeness (QED) is 0.549. The molecule has 2 aromatic carbocycles. The number of carbonyl (C=O) groups excluding carboxylic acids is 4. The molecule has 0 aliphatic heterocycles. The largest absolute Gasteiger partial charge is 0.462 e. The monoisotopic (exact) mass is 440 g/mol. The zero-order valence-electron chi connectivity index (χ0n) is 18.4. The van der Waals surface area contributed by atoms with Crippen LogP contribution in [0.5, 0.6) is 0 Å². The van der Waals surface area contributed by atoms with Crippen molar-refractivity contribution >= 4 is 29.4 Å². The van der Waals surface area contributed by atoms with E-state index < -0.39 is 30.5 Å². The second kappa shape index (κ2) is 12.2. The first-order valence-electron chi connectivity index (χ1n) is 10.4. The Morgan fingerprint density at radius 3 is 2.12 bits per heavy atom. The van der Waals surface area contributed by atoms with Gasteiger partial charge in [-0.15, -0.1) is 0 Å². The van der Waals surface area contributed by atoms with Crippen molar-refractivity contribution in [1.82, 2.24) is 5.32 Å². The van der Waals surface area contributed by atoms with E-state index in [-0.39, 0.29) is 18.4 Å². The van der Waals surface area contributed by atoms with Gasteiger partial charge < -0.3 is 20.1 Å². The van der Waals surface area contributed by atoms with Crippen LogP contribution in [0.25, 0.3) is 0 Å². The second-order valence-corrected chi connectivity index (χ2v) is 7.48. The molecule has 170 valence electrons. The number of anilines is 1. The summed E-state index contributed by atoms with van der Waals surface area (Å²) in [5.74, 6) is -1.95. The van der Waals surface area contributed by atoms with E-state index in [1.165, 1.54) is 12.1 Å². The van der Waals surface area contributed by atoms with E-state index in [0.29, 0.717) is 23.2 Å². The fraction of sp³-hybridized carbons (Fsp3) is 0.333. The lowest BCUT2D eigenvalue weighted by Gasteiger charge is -2.19. The van der Waals surface area contributed by atoms with Gasteiger partial charge in [0.2, 0.25) is 0 Å². The first-order chi connectivity index (χ1) is 15.3. The highest BCUT2D eigenvalue weighted by molar-refractivity contribution is 5.97. The molecule has 32 heavy (non-hydrogen) atoms. The van der Waals surface area contributed by atoms with E-state index in [2.05, 4.69) is 10.6 Å². The first kappa shape index (κ1) is 24.6. The molecule has 1 atom stereocenters. The zero-order valence-corrected chi connectivity index (χ0v) is 18.4. The van der Waals surface area contributed by atoms with Crippen molar-refractivity contribution in [2.45, 2.75) is 33.2 Å². The lowest BCUT2D eigenvalue weighted by atomic mass is 10.0. The summed E-state index contributed by atoms with van der Waals surface area (Å²) in [5.41, 5.74) is 1.23. The van der Waals surface area contributed by atoms with Crippen molar-refractivity contribution in [3.05, 3.63) is 65.7 Å². The number of amides is 2. The molecule has 8 nitrogen and oxygen atoms in total. The molecule has 0 aromatic heterocycles. The molecule has 0 fully saturated rings. The molecule has 0 bridgehead atoms. The van der Waals surface area contributed by atoms with Gasteiger partial charge in [0, 0.05) is 11.3 Å². The molecule has 0 radical (unpaired) electrons. The van der Waals surface area contributed by atoms with E-state index in [0.717, 1.165) is 0 Å². The normalized spacial score (nSPS) is 11.4. The van der Waals surface area contributed by atoms with Gasteiger partial charge in [-0.3, -0.25) is 9.59 Å². The van der Waals surface area contributed by atoms with Gasteiger partial charge in [-0.25, -0.2) is 9.59 Å². The molecule has 0 heterocycles. The summed E-state index contributed by atoms with van der Waals surface area (Å²) in [6, 6.07) is 13.8. The highest BCUT2D eigenvalue weighted by Gasteiger charge is 2.24. The number of rotatable bonds is 10. The first-order valence-corrected chi connectivity index (χ1v) is 10.4. The van der Waals surface area contributed by atoms with E-state index >= 15 is 0 Å². The van der Waals surface area contributed by atoms with Gasteiger partial charge >= 0.3 is 11.9 Å². The van der Waals surface area contributed by atoms with Gasteiger partial charge in [0.25, 0.3) is 11.8 Å². The maximum Gasteiger partial charge on any atom is 0.338 e. The van der Waals surface area contributed by atoms with Crippen LogP contribution in [0.15, 0.2) is 54.6 Å². The fourth-order valence-corrected chi connectivity index (χ4v) is 2.85. The Hall–Kier alpha value is -3.68. The number of hydrogen-bond acceptors (Lipinski definition) is 6. The Kier molecular flexibility index (Phi) is 9.41. The summed E-state index contributed by atoms with van der Waals surface area (Å²) in [5, 5.41) is 5.26. The topological polar surface area (TPSA) is 111 Å². The lowest BCUT2D eigenvalue weighted by Crippen LogP contribution is -2.43. The number of carbonyl (C=O) groups is 4. The van der Waals surface area contributed by atoms with Crippen LogP contribution in [0.4, 0.5) is 5.69 Å². The van der Waals surface area contributed by atoms with E-state index in [9.17, 15) is 19.2 Å². The van der Waals surface area contributed by atoms with Crippen molar-refractivity contribution in [2.75, 3.05) is 18.5 Å². The second-order valence-electron chi connectivity index (χ2n) is 7.48. The van der Waals surface area contributed by atoms with Gasteiger partial charge in [-0.05, 0) is 55.7 Å². The minimum Gasteiger partial charge on any atom is -0.462 e. The maximum absolute atomic E-state index is 12.5. The molecule has 8 heteroatoms. The Balaban J connectivity index is 1.90. The Morgan fingerprint density at radius 2 is 1.53 bits per heavy atom. The maximum atomic E-state index is 12.5. The molecule has 0 aliphatic carbocycles. The standard InChI is InChI=1S/C24H28N2O6/c1-4-31-23(29)18-10-12-19(13-11-18)25-21(27)15-32-24(30)20(14-16(2)3)26-22(28)17-8-6-5-7-9-17/h5-13,16,20H,4,14-15H2,1-3H3,(H,25,27)(H,26,28)/t20-/m0/s1. The van der Waals surface area contributed by atoms with Crippen LogP contribution in [-0.2, 0) is 19.1 Å². The third-order valence-corrected chi connectivity index (χ3v) is 4.36. The molecule has 2 N–H and O–H groups in total. The van der Waals surface area contributed by atoms with Crippen molar-refractivity contribution in [2.24, 2.45) is 5.92 Å². The average molecular weight is 440 g/mol. The summed E-state index contributed by atoms with van der Waals surface area (Å²) in [6.07, 6.45) is 0.369. The molecule has 2 aromatic rings. The summed E-state index contributed by atoms with van der Waals surface area (Å²) < 4.78 is 10.0. The number of benzene rings is 2. The van der Waals surface area contributed by atoms with Gasteiger partial charge in [-0.2, -0.15) is 0 Å². The Labute approximate surface area is 187 Å². The molecule has 2 rings (SSSR count). The minimum atomic E-state index is -0.876. The predicted octanol–water partition coefficient (Wildman–Crippen LogP) is 3.19. The van der Waals surface area contributed by atoms with Crippen LogP contribution in [0, 0.1) is 5.92 Å². The van der Waals surface area contributed by atoms with Crippen molar-refractivity contribution in [1.29, 1.82) is 0 Å². The molecule has 2 amide bonds. The predicted molar refractivity (Wildman–Crippen MR) is 119 cm³/mol. The third kappa shape index (κ3) is 7.86. The average Bonchev–Trinajstić information content (AvgIpc) is 2.78. The highest BCUT2D eigenvalue weighted by Crippen LogP contribution is 2.11. The Bertz CT molecular complexity index is 925. The minimum absolute atomic E-state index is 0.121. The molecular formula is C24H28N2O6. The molecule has 0 unspecified atom stereocenters. The molecular weight excluding hydrogens is 412 g/mol. The van der Waals surface area contributed by atoms with Crippen LogP contribution < -0.4 is 10.6 Å². The third-order valence-electron chi connectivity index (χ3n) is 4.36. The van der Waals surface area contributed by atoms with Crippen molar-refractivity contribution in [3.63, 3.8) is 0 Å². The number of esters is 2. The molecule has 0 aliphatic rings. The van der Waals surface area contributed by atoms with E-state index in [4.69, 9.17) is 9.47 Å². The van der Waals surface area contributed by atoms with Crippen LogP contribution in [-0.4, -0.2) is 43.0 Å². The van der Waals surface area contributed by atoms with E-state index in [1.54, 1.807) is 49.4 Å². The molecule has 0 spiro atoms. The zero-order chi connectivity index (χ0) is 23.5. The van der Waals surface area contributed by atoms with Crippen LogP contribution >= 0.6 is 0 Å². The lowest BCUT2D eigenvalue weighted by molar-refractivity contribution is -0.149. The molecule has 0 saturated heterocycles. The van der Waals surface area contributed by atoms with Gasteiger partial charge in [0.05, 0.1) is 12.2 Å². The smallest absolute Gasteiger partial charge is 0.338 e. The van der Waals surface area contributed by atoms with Gasteiger partial charge in [0.15, 0.2) is 6.61 Å². The van der Waals surface area contributed by atoms with Crippen LogP contribution in [0.1, 0.15) is 47.9 Å². The SMILES string of the molecule is CCOC(=O)c1ccc(NC(=O)COC(=O)[C@H](CC(C)C)NC(=O)c2ccccc2)cc1. The number of nitrogens with one attached hydrogen (secondary N) is 2. The van der Waals surface area contributed by atoms with Crippen molar-refractivity contribution in [3.8, 4) is 0 Å². The van der Waals surface area contributed by atoms with Crippen LogP contribution in [0.2, 0.25) is 0 Å². The Morgan fingerprint density at radius 1 is 0.875 bits per heavy atom. The van der Waals surface area contributed by atoms with Gasteiger partial charge in [0.1, 0.15) is 6.04 Å². The summed E-state index contributed by atoms with van der Waals surface area (Å²) in [7, 11) is 0. The highest BCUT2D eigenvalue weighted by atomic mass is 16.5. The summed E-state index contributed by atoms with van der Waals surface area (Å²) >= 11 is 0. The van der Waals surface area contributed by atoms with E-state index in [1.807, 2.05) is 13.8 Å². The number of hydrogen-bond donors (Lipinski definition) is 2. The summed E-state index contributed by atoms with van der Waals surface area (Å²) in [6.45, 7) is 5.32. The molecule has 0 saturated carbocycles. The fourth-order valence-electron chi connectivity index (χ4n) is 2.85.